The first-order valence-electron chi connectivity index (χ1n) is 6.58. The normalized spacial score (nSPS) is 10.9. The number of para-hydroxylation sites is 1. The molecule has 0 aliphatic carbocycles. The molecule has 0 fully saturated rings. The van der Waals surface area contributed by atoms with Crippen molar-refractivity contribution in [2.24, 2.45) is 5.73 Å². The van der Waals surface area contributed by atoms with Gasteiger partial charge in [-0.05, 0) is 25.0 Å². The Morgan fingerprint density at radius 1 is 1.43 bits per heavy atom. The molecule has 1 heterocycles. The van der Waals surface area contributed by atoms with E-state index >= 15 is 0 Å². The molecule has 21 heavy (non-hydrogen) atoms. The lowest BCUT2D eigenvalue weighted by atomic mass is 10.2. The number of carboxylic acids is 1. The number of thioether (sulfide) groups is 1. The number of primary amides is 1. The Balaban J connectivity index is 2.32. The Morgan fingerprint density at radius 2 is 2.19 bits per heavy atom. The number of carbonyl (C=O) groups excluding carboxylic acids is 1. The summed E-state index contributed by atoms with van der Waals surface area (Å²) in [7, 11) is 0. The molecule has 0 aliphatic rings. The highest BCUT2D eigenvalue weighted by molar-refractivity contribution is 7.99. The van der Waals surface area contributed by atoms with Gasteiger partial charge in [0.15, 0.2) is 5.16 Å². The zero-order valence-corrected chi connectivity index (χ0v) is 12.5. The van der Waals surface area contributed by atoms with Crippen LogP contribution in [0.2, 0.25) is 0 Å². The van der Waals surface area contributed by atoms with Gasteiger partial charge in [-0.15, -0.1) is 0 Å². The Hall–Kier alpha value is -2.02. The molecular weight excluding hydrogens is 290 g/mol. The third kappa shape index (κ3) is 3.75. The second kappa shape index (κ2) is 6.62. The minimum atomic E-state index is -0.882. The zero-order valence-electron chi connectivity index (χ0n) is 11.7. The SMILES string of the molecule is Cc1cccc2c1nc(SCC(=O)O)n2CCCC(N)=O. The minimum Gasteiger partial charge on any atom is -0.481 e. The molecule has 0 bridgehead atoms. The van der Waals surface area contributed by atoms with Crippen LogP contribution in [-0.2, 0) is 16.1 Å². The van der Waals surface area contributed by atoms with Crippen molar-refractivity contribution >= 4 is 34.7 Å². The van der Waals surface area contributed by atoms with E-state index in [1.807, 2.05) is 29.7 Å². The van der Waals surface area contributed by atoms with Crippen molar-refractivity contribution in [2.45, 2.75) is 31.5 Å². The first kappa shape index (κ1) is 15.4. The van der Waals surface area contributed by atoms with E-state index in [0.717, 1.165) is 16.6 Å². The van der Waals surface area contributed by atoms with Gasteiger partial charge in [0.2, 0.25) is 5.91 Å². The summed E-state index contributed by atoms with van der Waals surface area (Å²) in [6, 6.07) is 5.86. The monoisotopic (exact) mass is 307 g/mol. The van der Waals surface area contributed by atoms with Crippen LogP contribution >= 0.6 is 11.8 Å². The predicted octanol–water partition coefficient (Wildman–Crippen LogP) is 1.79. The van der Waals surface area contributed by atoms with Crippen molar-refractivity contribution in [3.05, 3.63) is 23.8 Å². The standard InChI is InChI=1S/C14H17N3O3S/c1-9-4-2-5-10-13(9)16-14(21-8-12(19)20)17(10)7-3-6-11(15)18/h2,4-5H,3,6-8H2,1H3,(H2,15,18)(H,19,20). The van der Waals surface area contributed by atoms with Crippen molar-refractivity contribution in [2.75, 3.05) is 5.75 Å². The van der Waals surface area contributed by atoms with E-state index < -0.39 is 5.97 Å². The summed E-state index contributed by atoms with van der Waals surface area (Å²) in [5, 5.41) is 9.48. The second-order valence-corrected chi connectivity index (χ2v) is 5.68. The molecule has 0 saturated heterocycles. The number of nitrogens with zero attached hydrogens (tertiary/aromatic N) is 2. The maximum absolute atomic E-state index is 10.9. The average molecular weight is 307 g/mol. The summed E-state index contributed by atoms with van der Waals surface area (Å²) in [5.41, 5.74) is 8.02. The minimum absolute atomic E-state index is 0.0435. The van der Waals surface area contributed by atoms with Gasteiger partial charge in [0.1, 0.15) is 0 Å². The lowest BCUT2D eigenvalue weighted by molar-refractivity contribution is -0.133. The van der Waals surface area contributed by atoms with Crippen LogP contribution in [0.5, 0.6) is 0 Å². The van der Waals surface area contributed by atoms with Gasteiger partial charge in [-0.25, -0.2) is 4.98 Å². The largest absolute Gasteiger partial charge is 0.481 e. The molecule has 3 N–H and O–H groups in total. The van der Waals surface area contributed by atoms with Gasteiger partial charge in [-0.3, -0.25) is 9.59 Å². The summed E-state index contributed by atoms with van der Waals surface area (Å²) in [6.45, 7) is 2.56. The fourth-order valence-electron chi connectivity index (χ4n) is 2.13. The Bertz CT molecular complexity index is 681. The summed E-state index contributed by atoms with van der Waals surface area (Å²) in [4.78, 5) is 26.1. The number of carbonyl (C=O) groups is 2. The molecule has 0 aliphatic heterocycles. The molecule has 0 spiro atoms. The van der Waals surface area contributed by atoms with Crippen molar-refractivity contribution in [3.8, 4) is 0 Å². The fourth-order valence-corrected chi connectivity index (χ4v) is 2.88. The third-order valence-corrected chi connectivity index (χ3v) is 4.04. The van der Waals surface area contributed by atoms with Gasteiger partial charge < -0.3 is 15.4 Å². The number of hydrogen-bond donors (Lipinski definition) is 2. The summed E-state index contributed by atoms with van der Waals surface area (Å²) >= 11 is 1.18. The van der Waals surface area contributed by atoms with Gasteiger partial charge >= 0.3 is 5.97 Å². The molecule has 1 aromatic heterocycles. The number of benzene rings is 1. The van der Waals surface area contributed by atoms with Crippen LogP contribution in [0, 0.1) is 6.92 Å². The van der Waals surface area contributed by atoms with Crippen LogP contribution in [0.4, 0.5) is 0 Å². The molecule has 2 aromatic rings. The van der Waals surface area contributed by atoms with Crippen LogP contribution < -0.4 is 5.73 Å². The van der Waals surface area contributed by atoms with E-state index in [9.17, 15) is 9.59 Å². The molecule has 1 amide bonds. The zero-order chi connectivity index (χ0) is 15.4. The number of amides is 1. The number of aliphatic carboxylic acids is 1. The van der Waals surface area contributed by atoms with Crippen molar-refractivity contribution < 1.29 is 14.7 Å². The van der Waals surface area contributed by atoms with Crippen LogP contribution in [0.3, 0.4) is 0 Å². The van der Waals surface area contributed by atoms with Crippen molar-refractivity contribution in [3.63, 3.8) is 0 Å². The highest BCUT2D eigenvalue weighted by Crippen LogP contribution is 2.26. The van der Waals surface area contributed by atoms with Crippen molar-refractivity contribution in [1.29, 1.82) is 0 Å². The lowest BCUT2D eigenvalue weighted by Crippen LogP contribution is -2.12. The number of fused-ring (bicyclic) bond motifs is 1. The first-order chi connectivity index (χ1) is 9.99. The average Bonchev–Trinajstić information content (AvgIpc) is 2.76. The van der Waals surface area contributed by atoms with Gasteiger partial charge in [0.05, 0.1) is 16.8 Å². The Kier molecular flexibility index (Phi) is 4.85. The van der Waals surface area contributed by atoms with Gasteiger partial charge in [0, 0.05) is 13.0 Å². The van der Waals surface area contributed by atoms with E-state index in [2.05, 4.69) is 4.98 Å². The van der Waals surface area contributed by atoms with E-state index in [0.29, 0.717) is 24.5 Å². The van der Waals surface area contributed by atoms with Crippen LogP contribution in [0.25, 0.3) is 11.0 Å². The van der Waals surface area contributed by atoms with Gasteiger partial charge in [-0.1, -0.05) is 23.9 Å². The maximum atomic E-state index is 10.9. The van der Waals surface area contributed by atoms with Gasteiger partial charge in [0.25, 0.3) is 0 Å². The summed E-state index contributed by atoms with van der Waals surface area (Å²) < 4.78 is 1.96. The molecule has 112 valence electrons. The van der Waals surface area contributed by atoms with E-state index in [1.54, 1.807) is 0 Å². The lowest BCUT2D eigenvalue weighted by Gasteiger charge is -2.07. The topological polar surface area (TPSA) is 98.2 Å². The third-order valence-electron chi connectivity index (χ3n) is 3.08. The van der Waals surface area contributed by atoms with Crippen LogP contribution in [0.1, 0.15) is 18.4 Å². The van der Waals surface area contributed by atoms with Crippen LogP contribution in [0.15, 0.2) is 23.4 Å². The van der Waals surface area contributed by atoms with Crippen molar-refractivity contribution in [1.82, 2.24) is 9.55 Å². The molecule has 6 nitrogen and oxygen atoms in total. The predicted molar refractivity (Wildman–Crippen MR) is 81.3 cm³/mol. The van der Waals surface area contributed by atoms with E-state index in [-0.39, 0.29) is 11.7 Å². The first-order valence-corrected chi connectivity index (χ1v) is 7.56. The molecule has 1 aromatic carbocycles. The molecular formula is C14H17N3O3S. The smallest absolute Gasteiger partial charge is 0.313 e. The molecule has 7 heteroatoms. The molecule has 0 unspecified atom stereocenters. The van der Waals surface area contributed by atoms with Gasteiger partial charge in [-0.2, -0.15) is 0 Å². The maximum Gasteiger partial charge on any atom is 0.313 e. The van der Waals surface area contributed by atoms with E-state index in [4.69, 9.17) is 10.8 Å². The summed E-state index contributed by atoms with van der Waals surface area (Å²) in [5.74, 6) is -1.26. The highest BCUT2D eigenvalue weighted by atomic mass is 32.2. The fraction of sp³-hybridized carbons (Fsp3) is 0.357. The van der Waals surface area contributed by atoms with E-state index in [1.165, 1.54) is 11.8 Å². The number of hydrogen-bond acceptors (Lipinski definition) is 4. The Labute approximate surface area is 126 Å². The molecule has 0 atom stereocenters. The molecule has 2 rings (SSSR count). The highest BCUT2D eigenvalue weighted by Gasteiger charge is 2.14. The summed E-state index contributed by atoms with van der Waals surface area (Å²) in [6.07, 6.45) is 0.907. The number of carboxylic acid groups (broad SMARTS) is 1. The number of rotatable bonds is 7. The molecule has 0 radical (unpaired) electrons. The number of nitrogens with two attached hydrogens (primary N) is 1. The molecule has 0 saturated carbocycles. The second-order valence-electron chi connectivity index (χ2n) is 4.74. The Morgan fingerprint density at radius 3 is 2.86 bits per heavy atom. The number of imidazole rings is 1. The quantitative estimate of drug-likeness (QED) is 0.760. The number of aromatic nitrogens is 2. The number of aryl methyl sites for hydroxylation is 2. The van der Waals surface area contributed by atoms with Crippen LogP contribution in [-0.4, -0.2) is 32.3 Å².